The van der Waals surface area contributed by atoms with E-state index in [4.69, 9.17) is 0 Å². The Bertz CT molecular complexity index is 586. The predicted molar refractivity (Wildman–Crippen MR) is 72.0 cm³/mol. The van der Waals surface area contributed by atoms with E-state index in [9.17, 15) is 10.1 Å². The molecule has 98 valence electrons. The van der Waals surface area contributed by atoms with Crippen LogP contribution >= 0.6 is 0 Å². The Hall–Kier alpha value is -2.50. The molecule has 0 aliphatic carbocycles. The van der Waals surface area contributed by atoms with Crippen LogP contribution in [0.15, 0.2) is 36.8 Å². The van der Waals surface area contributed by atoms with Gasteiger partial charge in [-0.05, 0) is 18.6 Å². The maximum atomic E-state index is 10.7. The van der Waals surface area contributed by atoms with Crippen molar-refractivity contribution >= 4 is 11.4 Å². The van der Waals surface area contributed by atoms with Gasteiger partial charge in [0.1, 0.15) is 0 Å². The zero-order valence-electron chi connectivity index (χ0n) is 10.8. The molecule has 0 bridgehead atoms. The van der Waals surface area contributed by atoms with Gasteiger partial charge >= 0.3 is 0 Å². The van der Waals surface area contributed by atoms with Gasteiger partial charge in [0.15, 0.2) is 0 Å². The lowest BCUT2D eigenvalue weighted by molar-refractivity contribution is -0.384. The maximum absolute atomic E-state index is 10.7. The molecule has 0 unspecified atom stereocenters. The average molecular weight is 258 g/mol. The minimum absolute atomic E-state index is 0.106. The maximum Gasteiger partial charge on any atom is 0.269 e. The summed E-state index contributed by atoms with van der Waals surface area (Å²) >= 11 is 0. The van der Waals surface area contributed by atoms with Crippen molar-refractivity contribution in [3.8, 4) is 0 Å². The number of aryl methyl sites for hydroxylation is 1. The fraction of sp³-hybridized carbons (Fsp3) is 0.231. The van der Waals surface area contributed by atoms with Gasteiger partial charge in [0.2, 0.25) is 0 Å². The van der Waals surface area contributed by atoms with Crippen LogP contribution in [0.25, 0.3) is 0 Å². The molecule has 2 rings (SSSR count). The van der Waals surface area contributed by atoms with Crippen molar-refractivity contribution in [3.63, 3.8) is 0 Å². The lowest BCUT2D eigenvalue weighted by atomic mass is 10.1. The van der Waals surface area contributed by atoms with E-state index in [-0.39, 0.29) is 10.6 Å². The van der Waals surface area contributed by atoms with Gasteiger partial charge in [-0.2, -0.15) is 0 Å². The molecule has 0 aliphatic rings. The number of hydrogen-bond acceptors (Lipinski definition) is 5. The molecule has 0 spiro atoms. The van der Waals surface area contributed by atoms with E-state index in [0.29, 0.717) is 6.54 Å². The molecule has 6 heteroatoms. The molecule has 0 N–H and O–H groups in total. The van der Waals surface area contributed by atoms with Gasteiger partial charge in [-0.25, -0.2) is 0 Å². The van der Waals surface area contributed by atoms with Gasteiger partial charge in [0.05, 0.1) is 23.4 Å². The fourth-order valence-corrected chi connectivity index (χ4v) is 1.92. The smallest absolute Gasteiger partial charge is 0.269 e. The first-order valence-corrected chi connectivity index (χ1v) is 5.79. The monoisotopic (exact) mass is 258 g/mol. The quantitative estimate of drug-likeness (QED) is 0.621. The molecule has 2 aromatic rings. The Kier molecular flexibility index (Phi) is 3.70. The van der Waals surface area contributed by atoms with Gasteiger partial charge in [0.25, 0.3) is 5.69 Å². The van der Waals surface area contributed by atoms with E-state index in [2.05, 4.69) is 9.97 Å². The highest BCUT2D eigenvalue weighted by atomic mass is 16.6. The highest BCUT2D eigenvalue weighted by Gasteiger charge is 2.11. The number of anilines is 1. The Morgan fingerprint density at radius 3 is 2.74 bits per heavy atom. The second kappa shape index (κ2) is 5.43. The lowest BCUT2D eigenvalue weighted by Gasteiger charge is -2.20. The first-order chi connectivity index (χ1) is 9.08. The standard InChI is InChI=1S/C13H14N4O2/c1-10-7-12(17(18)19)3-4-13(10)16(2)9-11-8-14-5-6-15-11/h3-8H,9H2,1-2H3. The van der Waals surface area contributed by atoms with Crippen LogP contribution in [0.2, 0.25) is 0 Å². The largest absolute Gasteiger partial charge is 0.368 e. The van der Waals surface area contributed by atoms with E-state index >= 15 is 0 Å². The summed E-state index contributed by atoms with van der Waals surface area (Å²) in [7, 11) is 1.92. The molecule has 0 fully saturated rings. The summed E-state index contributed by atoms with van der Waals surface area (Å²) in [6, 6.07) is 4.84. The molecule has 0 aliphatic heterocycles. The summed E-state index contributed by atoms with van der Waals surface area (Å²) in [6.07, 6.45) is 4.98. The van der Waals surface area contributed by atoms with Crippen molar-refractivity contribution in [1.29, 1.82) is 0 Å². The molecule has 1 aromatic heterocycles. The third-order valence-corrected chi connectivity index (χ3v) is 2.82. The number of nitro groups is 1. The summed E-state index contributed by atoms with van der Waals surface area (Å²) in [5.74, 6) is 0. The van der Waals surface area contributed by atoms with Crippen LogP contribution < -0.4 is 4.90 Å². The molecule has 0 amide bonds. The SMILES string of the molecule is Cc1cc([N+](=O)[O-])ccc1N(C)Cc1cnccn1. The molecule has 6 nitrogen and oxygen atoms in total. The summed E-state index contributed by atoms with van der Waals surface area (Å²) in [4.78, 5) is 20.5. The number of aromatic nitrogens is 2. The molecule has 0 radical (unpaired) electrons. The van der Waals surface area contributed by atoms with Crippen LogP contribution in [0.3, 0.4) is 0 Å². The summed E-state index contributed by atoms with van der Waals surface area (Å²) in [6.45, 7) is 2.46. The molecule has 0 saturated carbocycles. The minimum Gasteiger partial charge on any atom is -0.368 e. The predicted octanol–water partition coefficient (Wildman–Crippen LogP) is 2.33. The number of nitrogens with zero attached hydrogens (tertiary/aromatic N) is 4. The van der Waals surface area contributed by atoms with Gasteiger partial charge in [-0.15, -0.1) is 0 Å². The highest BCUT2D eigenvalue weighted by molar-refractivity contribution is 5.56. The van der Waals surface area contributed by atoms with E-state index in [1.165, 1.54) is 6.07 Å². The average Bonchev–Trinajstić information content (AvgIpc) is 2.39. The first-order valence-electron chi connectivity index (χ1n) is 5.79. The Morgan fingerprint density at radius 1 is 1.37 bits per heavy atom. The van der Waals surface area contributed by atoms with Gasteiger partial charge in [-0.1, -0.05) is 0 Å². The highest BCUT2D eigenvalue weighted by Crippen LogP contribution is 2.24. The van der Waals surface area contributed by atoms with Crippen LogP contribution in [0.4, 0.5) is 11.4 Å². The van der Waals surface area contributed by atoms with Gasteiger partial charge in [0, 0.05) is 37.3 Å². The Labute approximate surface area is 110 Å². The van der Waals surface area contributed by atoms with Crippen molar-refractivity contribution in [1.82, 2.24) is 9.97 Å². The first kappa shape index (κ1) is 12.9. The second-order valence-electron chi connectivity index (χ2n) is 4.28. The van der Waals surface area contributed by atoms with Gasteiger partial charge in [-0.3, -0.25) is 20.1 Å². The summed E-state index contributed by atoms with van der Waals surface area (Å²) in [5.41, 5.74) is 2.76. The van der Waals surface area contributed by atoms with Crippen molar-refractivity contribution in [2.75, 3.05) is 11.9 Å². The zero-order chi connectivity index (χ0) is 13.8. The molecular weight excluding hydrogens is 244 g/mol. The topological polar surface area (TPSA) is 72.2 Å². The number of hydrogen-bond donors (Lipinski definition) is 0. The lowest BCUT2D eigenvalue weighted by Crippen LogP contribution is -2.18. The number of non-ortho nitro benzene ring substituents is 1. The van der Waals surface area contributed by atoms with Gasteiger partial charge < -0.3 is 4.90 Å². The number of benzene rings is 1. The summed E-state index contributed by atoms with van der Waals surface area (Å²) in [5, 5.41) is 10.7. The van der Waals surface area contributed by atoms with Crippen molar-refractivity contribution in [2.24, 2.45) is 0 Å². The molecule has 1 aromatic carbocycles. The molecule has 1 heterocycles. The van der Waals surface area contributed by atoms with E-state index < -0.39 is 0 Å². The normalized spacial score (nSPS) is 10.2. The minimum atomic E-state index is -0.389. The van der Waals surface area contributed by atoms with Crippen molar-refractivity contribution in [3.05, 3.63) is 58.2 Å². The molecule has 0 atom stereocenters. The van der Waals surface area contributed by atoms with Crippen LogP contribution in [-0.4, -0.2) is 21.9 Å². The molecular formula is C13H14N4O2. The second-order valence-corrected chi connectivity index (χ2v) is 4.28. The fourth-order valence-electron chi connectivity index (χ4n) is 1.92. The number of nitro benzene ring substituents is 1. The van der Waals surface area contributed by atoms with Crippen LogP contribution in [-0.2, 0) is 6.54 Å². The van der Waals surface area contributed by atoms with E-state index in [0.717, 1.165) is 16.9 Å². The molecule has 19 heavy (non-hydrogen) atoms. The van der Waals surface area contributed by atoms with Crippen LogP contribution in [0.1, 0.15) is 11.3 Å². The Balaban J connectivity index is 2.20. The Morgan fingerprint density at radius 2 is 2.16 bits per heavy atom. The summed E-state index contributed by atoms with van der Waals surface area (Å²) < 4.78 is 0. The van der Waals surface area contributed by atoms with Crippen molar-refractivity contribution < 1.29 is 4.92 Å². The third kappa shape index (κ3) is 3.04. The van der Waals surface area contributed by atoms with E-state index in [1.54, 1.807) is 30.7 Å². The van der Waals surface area contributed by atoms with Crippen LogP contribution in [0.5, 0.6) is 0 Å². The van der Waals surface area contributed by atoms with Crippen LogP contribution in [0, 0.1) is 17.0 Å². The van der Waals surface area contributed by atoms with Crippen molar-refractivity contribution in [2.45, 2.75) is 13.5 Å². The van der Waals surface area contributed by atoms with E-state index in [1.807, 2.05) is 18.9 Å². The third-order valence-electron chi connectivity index (χ3n) is 2.82. The zero-order valence-corrected chi connectivity index (χ0v) is 10.8. The molecule has 0 saturated heterocycles. The number of rotatable bonds is 4.